The second-order valence-electron chi connectivity index (χ2n) is 11.1. The lowest BCUT2D eigenvalue weighted by Crippen LogP contribution is -2.53. The van der Waals surface area contributed by atoms with Crippen molar-refractivity contribution in [1.29, 1.82) is 0 Å². The van der Waals surface area contributed by atoms with Gasteiger partial charge >= 0.3 is 5.97 Å². The minimum Gasteiger partial charge on any atom is -0.462 e. The molecule has 156 valence electrons. The van der Waals surface area contributed by atoms with E-state index in [0.717, 1.165) is 25.7 Å². The van der Waals surface area contributed by atoms with Gasteiger partial charge in [-0.3, -0.25) is 9.59 Å². The molecule has 0 amide bonds. The summed E-state index contributed by atoms with van der Waals surface area (Å²) in [5, 5.41) is 0. The Balaban J connectivity index is 1.64. The highest BCUT2D eigenvalue weighted by molar-refractivity contribution is 5.83. The van der Waals surface area contributed by atoms with Gasteiger partial charge in [0.25, 0.3) is 0 Å². The summed E-state index contributed by atoms with van der Waals surface area (Å²) in [6, 6.07) is 0. The third kappa shape index (κ3) is 2.53. The third-order valence-electron chi connectivity index (χ3n) is 10.3. The van der Waals surface area contributed by atoms with Gasteiger partial charge in [0.15, 0.2) is 0 Å². The molecule has 0 N–H and O–H groups in total. The number of carbonyl (C=O) groups excluding carboxylic acids is 2. The maximum absolute atomic E-state index is 12.8. The van der Waals surface area contributed by atoms with Crippen LogP contribution in [0.3, 0.4) is 0 Å². The Morgan fingerprint density at radius 1 is 1.07 bits per heavy atom. The topological polar surface area (TPSA) is 43.4 Å². The molecule has 3 fully saturated rings. The van der Waals surface area contributed by atoms with Crippen LogP contribution in [0, 0.1) is 39.9 Å². The number of rotatable bonds is 2. The van der Waals surface area contributed by atoms with Gasteiger partial charge < -0.3 is 4.74 Å². The van der Waals surface area contributed by atoms with Crippen molar-refractivity contribution in [1.82, 2.24) is 0 Å². The molecule has 4 rings (SSSR count). The molecule has 0 aromatic rings. The molecule has 0 bridgehead atoms. The van der Waals surface area contributed by atoms with E-state index < -0.39 is 0 Å². The van der Waals surface area contributed by atoms with Crippen LogP contribution in [0.25, 0.3) is 0 Å². The van der Waals surface area contributed by atoms with Crippen LogP contribution in [0.4, 0.5) is 0 Å². The summed E-state index contributed by atoms with van der Waals surface area (Å²) in [6.45, 7) is 12.8. The zero-order valence-corrected chi connectivity index (χ0v) is 18.6. The van der Waals surface area contributed by atoms with Crippen molar-refractivity contribution in [3.8, 4) is 0 Å². The first-order chi connectivity index (χ1) is 13.0. The van der Waals surface area contributed by atoms with Crippen molar-refractivity contribution in [2.24, 2.45) is 39.9 Å². The van der Waals surface area contributed by atoms with Crippen molar-refractivity contribution >= 4 is 11.8 Å². The van der Waals surface area contributed by atoms with E-state index in [1.165, 1.54) is 31.8 Å². The fraction of sp³-hybridized carbons (Fsp3) is 0.840. The quantitative estimate of drug-likeness (QED) is 0.450. The molecule has 3 saturated carbocycles. The number of esters is 1. The monoisotopic (exact) mass is 386 g/mol. The fourth-order valence-electron chi connectivity index (χ4n) is 8.29. The Kier molecular flexibility index (Phi) is 4.64. The first-order valence-electron chi connectivity index (χ1n) is 11.4. The molecule has 0 spiro atoms. The molecule has 28 heavy (non-hydrogen) atoms. The van der Waals surface area contributed by atoms with E-state index in [1.807, 2.05) is 6.92 Å². The number of ether oxygens (including phenoxy) is 1. The highest BCUT2D eigenvalue weighted by atomic mass is 16.5. The van der Waals surface area contributed by atoms with Gasteiger partial charge in [0.05, 0.1) is 0 Å². The minimum absolute atomic E-state index is 0.0646. The van der Waals surface area contributed by atoms with Crippen LogP contribution in [-0.4, -0.2) is 17.9 Å². The molecule has 0 heterocycles. The lowest BCUT2D eigenvalue weighted by Gasteiger charge is -2.59. The lowest BCUT2D eigenvalue weighted by atomic mass is 9.45. The first-order valence-corrected chi connectivity index (χ1v) is 11.4. The van der Waals surface area contributed by atoms with E-state index in [0.29, 0.717) is 29.5 Å². The number of hydrogen-bond donors (Lipinski definition) is 0. The zero-order chi connectivity index (χ0) is 20.5. The van der Waals surface area contributed by atoms with Gasteiger partial charge in [0, 0.05) is 18.8 Å². The van der Waals surface area contributed by atoms with Crippen LogP contribution in [0.2, 0.25) is 0 Å². The maximum Gasteiger partial charge on any atom is 0.302 e. The molecule has 0 aromatic carbocycles. The summed E-state index contributed by atoms with van der Waals surface area (Å²) in [6.07, 6.45) is 10.3. The summed E-state index contributed by atoms with van der Waals surface area (Å²) in [4.78, 5) is 24.2. The number of fused-ring (bicyclic) bond motifs is 5. The molecular formula is C25H38O3. The van der Waals surface area contributed by atoms with Crippen molar-refractivity contribution in [3.63, 3.8) is 0 Å². The van der Waals surface area contributed by atoms with Crippen molar-refractivity contribution < 1.29 is 14.3 Å². The van der Waals surface area contributed by atoms with Crippen LogP contribution in [0.5, 0.6) is 0 Å². The number of Topliss-reactive ketones (excluding diaryl/α,β-unsaturated/α-hetero) is 1. The Morgan fingerprint density at radius 3 is 2.43 bits per heavy atom. The summed E-state index contributed by atoms with van der Waals surface area (Å²) >= 11 is 0. The number of ketones is 1. The Bertz CT molecular complexity index is 723. The first kappa shape index (κ1) is 20.2. The second kappa shape index (κ2) is 6.44. The summed E-state index contributed by atoms with van der Waals surface area (Å²) in [7, 11) is 0. The molecule has 4 aliphatic rings. The standard InChI is InChI=1S/C25H38O3/c1-15-13-22-20-8-7-18-14-19(28-17(3)27)9-11-23(18,4)21(20)10-12-24(22,5)25(15,6)16(2)26/h7,15,19-22H,8-14H2,1-6H3/t15-,19+,20?,21?,22?,23+,24+,25-/m1/s1. The van der Waals surface area contributed by atoms with Crippen molar-refractivity contribution in [2.45, 2.75) is 92.6 Å². The molecule has 0 aromatic heterocycles. The van der Waals surface area contributed by atoms with Gasteiger partial charge in [-0.2, -0.15) is 0 Å². The molecule has 0 saturated heterocycles. The van der Waals surface area contributed by atoms with E-state index in [4.69, 9.17) is 4.74 Å². The fourth-order valence-corrected chi connectivity index (χ4v) is 8.29. The normalized spacial score (nSPS) is 50.1. The molecule has 0 radical (unpaired) electrons. The number of allylic oxidation sites excluding steroid dienone is 1. The SMILES string of the molecule is CC(=O)O[C@H]1CC[C@@]2(C)C(=CCC3C2CC[C@@]2(C)C3C[C@@H](C)[C@]2(C)C(C)=O)C1. The van der Waals surface area contributed by atoms with Crippen molar-refractivity contribution in [2.75, 3.05) is 0 Å². The number of carbonyl (C=O) groups is 2. The van der Waals surface area contributed by atoms with E-state index >= 15 is 0 Å². The molecular weight excluding hydrogens is 348 g/mol. The summed E-state index contributed by atoms with van der Waals surface area (Å²) in [5.41, 5.74) is 1.74. The molecule has 3 heteroatoms. The maximum atomic E-state index is 12.8. The van der Waals surface area contributed by atoms with Gasteiger partial charge in [-0.1, -0.05) is 39.3 Å². The van der Waals surface area contributed by atoms with Crippen LogP contribution >= 0.6 is 0 Å². The molecule has 3 unspecified atom stereocenters. The van der Waals surface area contributed by atoms with E-state index in [1.54, 1.807) is 0 Å². The van der Waals surface area contributed by atoms with E-state index in [2.05, 4.69) is 33.8 Å². The number of hydrogen-bond acceptors (Lipinski definition) is 3. The molecule has 8 atom stereocenters. The van der Waals surface area contributed by atoms with Gasteiger partial charge in [-0.15, -0.1) is 0 Å². The van der Waals surface area contributed by atoms with Crippen molar-refractivity contribution in [3.05, 3.63) is 11.6 Å². The van der Waals surface area contributed by atoms with E-state index in [9.17, 15) is 9.59 Å². The average molecular weight is 387 g/mol. The van der Waals surface area contributed by atoms with Gasteiger partial charge in [-0.05, 0) is 80.0 Å². The lowest BCUT2D eigenvalue weighted by molar-refractivity contribution is -0.150. The predicted octanol–water partition coefficient (Wildman–Crippen LogP) is 5.72. The second-order valence-corrected chi connectivity index (χ2v) is 11.1. The van der Waals surface area contributed by atoms with Crippen LogP contribution in [0.1, 0.15) is 86.5 Å². The smallest absolute Gasteiger partial charge is 0.302 e. The Hall–Kier alpha value is -1.12. The van der Waals surface area contributed by atoms with Gasteiger partial charge in [0.2, 0.25) is 0 Å². The average Bonchev–Trinajstić information content (AvgIpc) is 2.83. The predicted molar refractivity (Wildman–Crippen MR) is 111 cm³/mol. The van der Waals surface area contributed by atoms with Gasteiger partial charge in [-0.25, -0.2) is 0 Å². The molecule has 0 aliphatic heterocycles. The highest BCUT2D eigenvalue weighted by Gasteiger charge is 2.66. The van der Waals surface area contributed by atoms with Crippen LogP contribution in [-0.2, 0) is 14.3 Å². The largest absolute Gasteiger partial charge is 0.462 e. The minimum atomic E-state index is -0.180. The summed E-state index contributed by atoms with van der Waals surface area (Å²) < 4.78 is 5.56. The Morgan fingerprint density at radius 2 is 1.79 bits per heavy atom. The van der Waals surface area contributed by atoms with E-state index in [-0.39, 0.29) is 28.3 Å². The van der Waals surface area contributed by atoms with Gasteiger partial charge in [0.1, 0.15) is 11.9 Å². The van der Waals surface area contributed by atoms with Crippen LogP contribution < -0.4 is 0 Å². The zero-order valence-electron chi connectivity index (χ0n) is 18.6. The third-order valence-corrected chi connectivity index (χ3v) is 10.3. The molecule has 4 aliphatic carbocycles. The Labute approximate surface area is 170 Å². The molecule has 3 nitrogen and oxygen atoms in total. The van der Waals surface area contributed by atoms with Crippen LogP contribution in [0.15, 0.2) is 11.6 Å². The highest BCUT2D eigenvalue weighted by Crippen LogP contribution is 2.71. The summed E-state index contributed by atoms with van der Waals surface area (Å²) in [5.74, 6) is 2.77.